The van der Waals surface area contributed by atoms with Gasteiger partial charge in [-0.3, -0.25) is 0 Å². The number of hydrogen-bond acceptors (Lipinski definition) is 4. The van der Waals surface area contributed by atoms with Crippen LogP contribution in [-0.4, -0.2) is 8.42 Å². The van der Waals surface area contributed by atoms with Gasteiger partial charge in [0.2, 0.25) is 10.0 Å². The van der Waals surface area contributed by atoms with Gasteiger partial charge in [-0.05, 0) is 43.7 Å². The van der Waals surface area contributed by atoms with E-state index in [2.05, 4.69) is 12.2 Å². The molecule has 114 valence electrons. The van der Waals surface area contributed by atoms with Gasteiger partial charge >= 0.3 is 0 Å². The first-order chi connectivity index (χ1) is 9.77. The Morgan fingerprint density at radius 1 is 1.10 bits per heavy atom. The summed E-state index contributed by atoms with van der Waals surface area (Å²) >= 11 is 7.49. The number of primary sulfonamides is 1. The Labute approximate surface area is 134 Å². The second-order valence-electron chi connectivity index (χ2n) is 4.87. The van der Waals surface area contributed by atoms with Crippen molar-refractivity contribution >= 4 is 33.0 Å². The Morgan fingerprint density at radius 2 is 1.71 bits per heavy atom. The van der Waals surface area contributed by atoms with E-state index in [-0.39, 0.29) is 17.0 Å². The summed E-state index contributed by atoms with van der Waals surface area (Å²) in [5.41, 5.74) is 0.997. The summed E-state index contributed by atoms with van der Waals surface area (Å²) in [6.07, 6.45) is 0. The van der Waals surface area contributed by atoms with Gasteiger partial charge in [0.25, 0.3) is 0 Å². The third kappa shape index (κ3) is 4.28. The minimum Gasteiger partial charge on any atom is -0.303 e. The van der Waals surface area contributed by atoms with E-state index >= 15 is 0 Å². The minimum absolute atomic E-state index is 0.0791. The van der Waals surface area contributed by atoms with Crippen molar-refractivity contribution < 1.29 is 8.42 Å². The first-order valence-corrected chi connectivity index (χ1v) is 9.15. The van der Waals surface area contributed by atoms with Crippen LogP contribution in [-0.2, 0) is 10.0 Å². The first kappa shape index (κ1) is 16.5. The van der Waals surface area contributed by atoms with Crippen molar-refractivity contribution in [1.82, 2.24) is 5.32 Å². The lowest BCUT2D eigenvalue weighted by Gasteiger charge is -2.19. The van der Waals surface area contributed by atoms with Crippen molar-refractivity contribution in [3.63, 3.8) is 0 Å². The molecule has 1 aromatic heterocycles. The van der Waals surface area contributed by atoms with Crippen LogP contribution < -0.4 is 10.5 Å². The van der Waals surface area contributed by atoms with Gasteiger partial charge in [0.15, 0.2) is 0 Å². The van der Waals surface area contributed by atoms with Gasteiger partial charge in [0, 0.05) is 17.0 Å². The van der Waals surface area contributed by atoms with Crippen LogP contribution in [0.5, 0.6) is 0 Å². The summed E-state index contributed by atoms with van der Waals surface area (Å²) in [7, 11) is -3.64. The molecular weight excluding hydrogens is 328 g/mol. The van der Waals surface area contributed by atoms with E-state index in [0.29, 0.717) is 0 Å². The summed E-state index contributed by atoms with van der Waals surface area (Å²) in [4.78, 5) is 1.28. The molecule has 3 N–H and O–H groups in total. The molecule has 0 aliphatic rings. The molecule has 0 amide bonds. The zero-order valence-corrected chi connectivity index (χ0v) is 14.1. The van der Waals surface area contributed by atoms with Crippen LogP contribution in [0.4, 0.5) is 0 Å². The average Bonchev–Trinajstić information content (AvgIpc) is 2.84. The van der Waals surface area contributed by atoms with E-state index in [9.17, 15) is 8.42 Å². The van der Waals surface area contributed by atoms with Crippen molar-refractivity contribution in [2.24, 2.45) is 5.14 Å². The van der Waals surface area contributed by atoms with Crippen LogP contribution in [0.15, 0.2) is 41.3 Å². The molecule has 4 nitrogen and oxygen atoms in total. The molecular formula is C14H17ClN2O2S2. The fraction of sp³-hybridized carbons (Fsp3) is 0.286. The minimum atomic E-state index is -3.64. The summed E-state index contributed by atoms with van der Waals surface area (Å²) in [5, 5.41) is 8.54. The third-order valence-corrected chi connectivity index (χ3v) is 5.57. The molecule has 2 aromatic rings. The largest absolute Gasteiger partial charge is 0.303 e. The predicted octanol–water partition coefficient (Wildman–Crippen LogP) is 3.46. The van der Waals surface area contributed by atoms with E-state index in [1.807, 2.05) is 19.1 Å². The summed E-state index contributed by atoms with van der Waals surface area (Å²) in [6.45, 7) is 4.09. The van der Waals surface area contributed by atoms with Crippen molar-refractivity contribution in [3.05, 3.63) is 51.2 Å². The third-order valence-electron chi connectivity index (χ3n) is 3.23. The van der Waals surface area contributed by atoms with Crippen LogP contribution in [0, 0.1) is 0 Å². The van der Waals surface area contributed by atoms with Gasteiger partial charge in [-0.15, -0.1) is 11.3 Å². The Morgan fingerprint density at radius 3 is 2.19 bits per heavy atom. The lowest BCUT2D eigenvalue weighted by atomic mass is 10.1. The summed E-state index contributed by atoms with van der Waals surface area (Å²) in [6, 6.07) is 10.7. The normalized spacial score (nSPS) is 14.9. The van der Waals surface area contributed by atoms with E-state index in [1.54, 1.807) is 23.5 Å². The van der Waals surface area contributed by atoms with E-state index < -0.39 is 10.0 Å². The molecule has 0 spiro atoms. The zero-order chi connectivity index (χ0) is 15.6. The topological polar surface area (TPSA) is 72.2 Å². The van der Waals surface area contributed by atoms with Crippen molar-refractivity contribution in [1.29, 1.82) is 0 Å². The van der Waals surface area contributed by atoms with E-state index in [4.69, 9.17) is 16.7 Å². The quantitative estimate of drug-likeness (QED) is 0.872. The zero-order valence-electron chi connectivity index (χ0n) is 11.7. The van der Waals surface area contributed by atoms with Gasteiger partial charge in [0.1, 0.15) is 0 Å². The Hall–Kier alpha value is -0.920. The smallest absolute Gasteiger partial charge is 0.238 e. The lowest BCUT2D eigenvalue weighted by molar-refractivity contribution is 0.500. The van der Waals surface area contributed by atoms with E-state index in [1.165, 1.54) is 12.1 Å². The summed E-state index contributed by atoms with van der Waals surface area (Å²) in [5.74, 6) is 0. The highest BCUT2D eigenvalue weighted by Gasteiger charge is 2.14. The van der Waals surface area contributed by atoms with Crippen molar-refractivity contribution in [2.45, 2.75) is 30.8 Å². The van der Waals surface area contributed by atoms with Gasteiger partial charge in [0.05, 0.1) is 9.23 Å². The maximum atomic E-state index is 11.2. The van der Waals surface area contributed by atoms with Crippen molar-refractivity contribution in [3.8, 4) is 0 Å². The number of halogens is 1. The van der Waals surface area contributed by atoms with E-state index in [0.717, 1.165) is 14.8 Å². The number of nitrogens with two attached hydrogens (primary N) is 1. The lowest BCUT2D eigenvalue weighted by Crippen LogP contribution is -2.22. The van der Waals surface area contributed by atoms with Crippen molar-refractivity contribution in [2.75, 3.05) is 0 Å². The maximum absolute atomic E-state index is 11.2. The van der Waals surface area contributed by atoms with Gasteiger partial charge < -0.3 is 5.32 Å². The first-order valence-electron chi connectivity index (χ1n) is 6.41. The SMILES string of the molecule is CC(NC(C)c1ccc(Cl)s1)c1ccc(S(N)(=O)=O)cc1. The predicted molar refractivity (Wildman–Crippen MR) is 87.1 cm³/mol. The summed E-state index contributed by atoms with van der Waals surface area (Å²) < 4.78 is 23.2. The van der Waals surface area contributed by atoms with Gasteiger partial charge in [-0.1, -0.05) is 23.7 Å². The number of hydrogen-bond donors (Lipinski definition) is 2. The molecule has 2 atom stereocenters. The molecule has 1 heterocycles. The average molecular weight is 345 g/mol. The van der Waals surface area contributed by atoms with Gasteiger partial charge in [-0.25, -0.2) is 13.6 Å². The number of sulfonamides is 1. The second-order valence-corrected chi connectivity index (χ2v) is 8.17. The van der Waals surface area contributed by atoms with Crippen LogP contribution in [0.1, 0.15) is 36.4 Å². The molecule has 0 saturated carbocycles. The molecule has 21 heavy (non-hydrogen) atoms. The Bertz CT molecular complexity index is 711. The van der Waals surface area contributed by atoms with Crippen LogP contribution >= 0.6 is 22.9 Å². The maximum Gasteiger partial charge on any atom is 0.238 e. The molecule has 0 bridgehead atoms. The number of benzene rings is 1. The highest BCUT2D eigenvalue weighted by molar-refractivity contribution is 7.89. The molecule has 0 aliphatic carbocycles. The fourth-order valence-corrected chi connectivity index (χ4v) is 3.65. The van der Waals surface area contributed by atoms with Gasteiger partial charge in [-0.2, -0.15) is 0 Å². The number of thiophene rings is 1. The highest BCUT2D eigenvalue weighted by Crippen LogP contribution is 2.28. The number of rotatable bonds is 5. The molecule has 1 aromatic carbocycles. The molecule has 0 saturated heterocycles. The highest BCUT2D eigenvalue weighted by atomic mass is 35.5. The second kappa shape index (κ2) is 6.46. The standard InChI is InChI=1S/C14H17ClN2O2S2/c1-9(17-10(2)13-7-8-14(15)20-13)11-3-5-12(6-4-11)21(16,18)19/h3-10,17H,1-2H3,(H2,16,18,19). The van der Waals surface area contributed by atoms with Crippen LogP contribution in [0.2, 0.25) is 4.34 Å². The number of nitrogens with one attached hydrogen (secondary N) is 1. The van der Waals surface area contributed by atoms with Crippen LogP contribution in [0.25, 0.3) is 0 Å². The Kier molecular flexibility index (Phi) is 5.06. The molecule has 7 heteroatoms. The Balaban J connectivity index is 2.08. The molecule has 0 fully saturated rings. The molecule has 2 rings (SSSR count). The molecule has 0 aliphatic heterocycles. The van der Waals surface area contributed by atoms with Crippen LogP contribution in [0.3, 0.4) is 0 Å². The monoisotopic (exact) mass is 344 g/mol. The molecule has 2 unspecified atom stereocenters. The fourth-order valence-electron chi connectivity index (χ4n) is 2.06. The molecule has 0 radical (unpaired) electrons.